The van der Waals surface area contributed by atoms with Gasteiger partial charge in [-0.05, 0) is 30.2 Å². The van der Waals surface area contributed by atoms with Gasteiger partial charge in [-0.15, -0.1) is 0 Å². The minimum Gasteiger partial charge on any atom is -0.350 e. The number of benzene rings is 3. The van der Waals surface area contributed by atoms with Crippen molar-refractivity contribution < 1.29 is 14.4 Å². The maximum Gasteiger partial charge on any atom is 0.262 e. The molecule has 0 bridgehead atoms. The molecule has 0 saturated carbocycles. The Morgan fingerprint density at radius 1 is 0.800 bits per heavy atom. The average molecular weight is 398 g/mol. The summed E-state index contributed by atoms with van der Waals surface area (Å²) in [6, 6.07) is 23.0. The lowest BCUT2D eigenvalue weighted by Gasteiger charge is -2.25. The summed E-state index contributed by atoms with van der Waals surface area (Å²) < 4.78 is 0. The first-order valence-electron chi connectivity index (χ1n) is 9.88. The predicted octanol–water partition coefficient (Wildman–Crippen LogP) is 3.52. The van der Waals surface area contributed by atoms with E-state index >= 15 is 0 Å². The van der Waals surface area contributed by atoms with E-state index in [4.69, 9.17) is 0 Å². The smallest absolute Gasteiger partial charge is 0.262 e. The van der Waals surface area contributed by atoms with Crippen LogP contribution < -0.4 is 5.32 Å². The van der Waals surface area contributed by atoms with Gasteiger partial charge in [0.25, 0.3) is 11.8 Å². The summed E-state index contributed by atoms with van der Waals surface area (Å²) in [4.78, 5) is 40.2. The van der Waals surface area contributed by atoms with Gasteiger partial charge < -0.3 is 5.32 Å². The Hall–Kier alpha value is -3.73. The molecule has 1 aliphatic heterocycles. The number of carbonyl (C=O) groups is 3. The number of hydrogen-bond acceptors (Lipinski definition) is 3. The molecule has 30 heavy (non-hydrogen) atoms. The summed E-state index contributed by atoms with van der Waals surface area (Å²) in [5, 5.41) is 2.90. The molecule has 3 amide bonds. The summed E-state index contributed by atoms with van der Waals surface area (Å²) in [6.07, 6.45) is 0.256. The molecule has 1 N–H and O–H groups in total. The fourth-order valence-electron chi connectivity index (χ4n) is 3.64. The van der Waals surface area contributed by atoms with E-state index in [0.717, 1.165) is 21.6 Å². The molecule has 3 aromatic rings. The van der Waals surface area contributed by atoms with Crippen LogP contribution >= 0.6 is 0 Å². The van der Waals surface area contributed by atoms with Crippen LogP contribution in [0.2, 0.25) is 0 Å². The van der Waals surface area contributed by atoms with E-state index in [2.05, 4.69) is 5.32 Å². The van der Waals surface area contributed by atoms with Gasteiger partial charge in [0.05, 0.1) is 11.1 Å². The number of imide groups is 1. The molecule has 5 heteroatoms. The Kier molecular flexibility index (Phi) is 5.44. The predicted molar refractivity (Wildman–Crippen MR) is 114 cm³/mol. The van der Waals surface area contributed by atoms with E-state index in [-0.39, 0.29) is 12.3 Å². The zero-order valence-electron chi connectivity index (χ0n) is 16.7. The summed E-state index contributed by atoms with van der Waals surface area (Å²) >= 11 is 0. The van der Waals surface area contributed by atoms with E-state index in [9.17, 15) is 14.4 Å². The zero-order chi connectivity index (χ0) is 21.1. The molecule has 1 atom stereocenters. The normalized spacial score (nSPS) is 13.8. The first kappa shape index (κ1) is 19.6. The highest BCUT2D eigenvalue weighted by molar-refractivity contribution is 6.22. The van der Waals surface area contributed by atoms with Crippen molar-refractivity contribution in [3.8, 4) is 0 Å². The molecule has 0 unspecified atom stereocenters. The van der Waals surface area contributed by atoms with Gasteiger partial charge in [0.15, 0.2) is 0 Å². The van der Waals surface area contributed by atoms with Crippen molar-refractivity contribution >= 4 is 17.7 Å². The Morgan fingerprint density at radius 2 is 1.37 bits per heavy atom. The molecule has 4 rings (SSSR count). The van der Waals surface area contributed by atoms with Crippen LogP contribution in [0.1, 0.15) is 37.4 Å². The van der Waals surface area contributed by atoms with Crippen LogP contribution in [0.3, 0.4) is 0 Å². The van der Waals surface area contributed by atoms with E-state index in [0.29, 0.717) is 17.7 Å². The molecule has 1 heterocycles. The number of nitrogens with zero attached hydrogens (tertiary/aromatic N) is 1. The quantitative estimate of drug-likeness (QED) is 0.646. The third-order valence-corrected chi connectivity index (χ3v) is 5.30. The van der Waals surface area contributed by atoms with Crippen molar-refractivity contribution in [1.29, 1.82) is 0 Å². The van der Waals surface area contributed by atoms with Gasteiger partial charge in [-0.2, -0.15) is 0 Å². The van der Waals surface area contributed by atoms with Crippen molar-refractivity contribution in [3.05, 3.63) is 107 Å². The highest BCUT2D eigenvalue weighted by Crippen LogP contribution is 2.26. The number of carbonyl (C=O) groups excluding carboxylic acids is 3. The Balaban J connectivity index is 1.60. The topological polar surface area (TPSA) is 66.5 Å². The third-order valence-electron chi connectivity index (χ3n) is 5.30. The molecule has 0 saturated heterocycles. The maximum absolute atomic E-state index is 13.2. The highest BCUT2D eigenvalue weighted by Gasteiger charge is 2.42. The molecule has 5 nitrogen and oxygen atoms in total. The number of aryl methyl sites for hydroxylation is 1. The third kappa shape index (κ3) is 3.87. The lowest BCUT2D eigenvalue weighted by molar-refractivity contribution is -0.125. The van der Waals surface area contributed by atoms with Crippen LogP contribution in [0.5, 0.6) is 0 Å². The summed E-state index contributed by atoms with van der Waals surface area (Å²) in [5.41, 5.74) is 3.65. The highest BCUT2D eigenvalue weighted by atomic mass is 16.2. The molecule has 3 aromatic carbocycles. The summed E-state index contributed by atoms with van der Waals surface area (Å²) in [6.45, 7) is 2.33. The number of rotatable bonds is 6. The monoisotopic (exact) mass is 398 g/mol. The van der Waals surface area contributed by atoms with E-state index in [1.807, 2.05) is 61.5 Å². The number of nitrogens with one attached hydrogen (secondary N) is 1. The lowest BCUT2D eigenvalue weighted by Crippen LogP contribution is -2.50. The second-order valence-corrected chi connectivity index (χ2v) is 7.43. The largest absolute Gasteiger partial charge is 0.350 e. The summed E-state index contributed by atoms with van der Waals surface area (Å²) in [7, 11) is 0. The molecular weight excluding hydrogens is 376 g/mol. The molecule has 0 aromatic heterocycles. The Labute approximate surface area is 175 Å². The first-order valence-corrected chi connectivity index (χ1v) is 9.88. The first-order chi connectivity index (χ1) is 14.5. The van der Waals surface area contributed by atoms with Gasteiger partial charge in [-0.1, -0.05) is 72.3 Å². The molecule has 0 fully saturated rings. The van der Waals surface area contributed by atoms with Crippen LogP contribution in [0.25, 0.3) is 0 Å². The minimum atomic E-state index is -0.926. The van der Waals surface area contributed by atoms with Crippen molar-refractivity contribution in [1.82, 2.24) is 10.2 Å². The minimum absolute atomic E-state index is 0.256. The number of hydrogen-bond donors (Lipinski definition) is 1. The van der Waals surface area contributed by atoms with Crippen molar-refractivity contribution in [2.45, 2.75) is 25.9 Å². The van der Waals surface area contributed by atoms with Gasteiger partial charge in [0.1, 0.15) is 6.04 Å². The molecule has 150 valence electrons. The molecule has 0 radical (unpaired) electrons. The molecule has 1 aliphatic rings. The van der Waals surface area contributed by atoms with Crippen LogP contribution in [-0.4, -0.2) is 28.7 Å². The van der Waals surface area contributed by atoms with Crippen molar-refractivity contribution in [3.63, 3.8) is 0 Å². The van der Waals surface area contributed by atoms with Crippen LogP contribution in [0.4, 0.5) is 0 Å². The SMILES string of the molecule is Cc1ccc(CNC(=O)[C@@H](Cc2ccccc2)N2C(=O)c3ccccc3C2=O)cc1. The lowest BCUT2D eigenvalue weighted by atomic mass is 10.0. The fourth-order valence-corrected chi connectivity index (χ4v) is 3.64. The van der Waals surface area contributed by atoms with Gasteiger partial charge in [0, 0.05) is 13.0 Å². The van der Waals surface area contributed by atoms with Gasteiger partial charge in [-0.3, -0.25) is 19.3 Å². The molecule has 0 spiro atoms. The Bertz CT molecular complexity index is 1060. The van der Waals surface area contributed by atoms with E-state index < -0.39 is 17.9 Å². The summed E-state index contributed by atoms with van der Waals surface area (Å²) in [5.74, 6) is -1.21. The second kappa shape index (κ2) is 8.33. The molecule has 0 aliphatic carbocycles. The maximum atomic E-state index is 13.2. The van der Waals surface area contributed by atoms with E-state index in [1.54, 1.807) is 24.3 Å². The second-order valence-electron chi connectivity index (χ2n) is 7.43. The fraction of sp³-hybridized carbons (Fsp3) is 0.160. The zero-order valence-corrected chi connectivity index (χ0v) is 16.7. The van der Waals surface area contributed by atoms with E-state index in [1.165, 1.54) is 0 Å². The van der Waals surface area contributed by atoms with Crippen molar-refractivity contribution in [2.24, 2.45) is 0 Å². The van der Waals surface area contributed by atoms with Crippen LogP contribution in [-0.2, 0) is 17.8 Å². The number of amides is 3. The average Bonchev–Trinajstić information content (AvgIpc) is 3.02. The standard InChI is InChI=1S/C25H22N2O3/c1-17-11-13-19(14-12-17)16-26-23(28)22(15-18-7-3-2-4-8-18)27-24(29)20-9-5-6-10-21(20)25(27)30/h2-14,22H,15-16H2,1H3,(H,26,28)/t22-/m1/s1. The number of fused-ring (bicyclic) bond motifs is 1. The van der Waals surface area contributed by atoms with Crippen molar-refractivity contribution in [2.75, 3.05) is 0 Å². The van der Waals surface area contributed by atoms with Gasteiger partial charge >= 0.3 is 0 Å². The Morgan fingerprint density at radius 3 is 1.97 bits per heavy atom. The molecular formula is C25H22N2O3. The van der Waals surface area contributed by atoms with Crippen LogP contribution in [0, 0.1) is 6.92 Å². The van der Waals surface area contributed by atoms with Gasteiger partial charge in [0.2, 0.25) is 5.91 Å². The van der Waals surface area contributed by atoms with Gasteiger partial charge in [-0.25, -0.2) is 0 Å². The van der Waals surface area contributed by atoms with Crippen LogP contribution in [0.15, 0.2) is 78.9 Å².